The van der Waals surface area contributed by atoms with E-state index < -0.39 is 0 Å². The summed E-state index contributed by atoms with van der Waals surface area (Å²) in [6, 6.07) is 12.2. The van der Waals surface area contributed by atoms with E-state index in [0.29, 0.717) is 0 Å². The van der Waals surface area contributed by atoms with Gasteiger partial charge < -0.3 is 5.32 Å². The van der Waals surface area contributed by atoms with Crippen molar-refractivity contribution in [1.29, 1.82) is 0 Å². The van der Waals surface area contributed by atoms with Crippen LogP contribution in [0, 0.1) is 0 Å². The lowest BCUT2D eigenvalue weighted by atomic mass is 10.2. The van der Waals surface area contributed by atoms with Crippen molar-refractivity contribution in [2.45, 2.75) is 0 Å². The van der Waals surface area contributed by atoms with Gasteiger partial charge in [0.05, 0.1) is 4.34 Å². The molecule has 2 aromatic rings. The van der Waals surface area contributed by atoms with Crippen molar-refractivity contribution in [2.24, 2.45) is 0 Å². The zero-order chi connectivity index (χ0) is 9.97. The van der Waals surface area contributed by atoms with Crippen LogP contribution < -0.4 is 5.32 Å². The summed E-state index contributed by atoms with van der Waals surface area (Å²) in [6.45, 7) is 0. The van der Waals surface area contributed by atoms with Crippen molar-refractivity contribution < 1.29 is 0 Å². The highest BCUT2D eigenvalue weighted by molar-refractivity contribution is 7.19. The summed E-state index contributed by atoms with van der Waals surface area (Å²) >= 11 is 7.48. The van der Waals surface area contributed by atoms with Crippen molar-refractivity contribution >= 4 is 28.6 Å². The summed E-state index contributed by atoms with van der Waals surface area (Å²) in [5.74, 6) is 0. The molecule has 2 rings (SSSR count). The molecule has 3 heteroatoms. The van der Waals surface area contributed by atoms with Gasteiger partial charge in [-0.05, 0) is 29.8 Å². The molecule has 0 saturated heterocycles. The number of halogens is 1. The van der Waals surface area contributed by atoms with Crippen molar-refractivity contribution in [3.63, 3.8) is 0 Å². The molecule has 1 aromatic heterocycles. The van der Waals surface area contributed by atoms with Gasteiger partial charge in [-0.15, -0.1) is 11.3 Å². The Hall–Kier alpha value is -0.990. The van der Waals surface area contributed by atoms with Gasteiger partial charge in [0.2, 0.25) is 0 Å². The Bertz CT molecular complexity index is 436. The minimum atomic E-state index is 0.829. The zero-order valence-electron chi connectivity index (χ0n) is 7.75. The molecule has 0 aliphatic heterocycles. The van der Waals surface area contributed by atoms with Gasteiger partial charge in [-0.3, -0.25) is 0 Å². The summed E-state index contributed by atoms with van der Waals surface area (Å²) in [5, 5.41) is 3.12. The third-order valence-corrected chi connectivity index (χ3v) is 3.29. The summed E-state index contributed by atoms with van der Waals surface area (Å²) in [5.41, 5.74) is 2.32. The highest BCUT2D eigenvalue weighted by Crippen LogP contribution is 2.31. The first-order valence-corrected chi connectivity index (χ1v) is 5.52. The number of nitrogens with one attached hydrogen (secondary N) is 1. The molecule has 1 nitrogen and oxygen atoms in total. The standard InChI is InChI=1S/C11H10ClNS/c1-13-9-4-2-3-8(7-9)10-5-6-11(12)14-10/h2-7,13H,1H3. The maximum atomic E-state index is 5.89. The lowest BCUT2D eigenvalue weighted by molar-refractivity contribution is 1.51. The van der Waals surface area contributed by atoms with E-state index in [1.165, 1.54) is 10.4 Å². The summed E-state index contributed by atoms with van der Waals surface area (Å²) in [6.07, 6.45) is 0. The molecule has 14 heavy (non-hydrogen) atoms. The molecule has 0 bridgehead atoms. The molecule has 72 valence electrons. The molecule has 0 aliphatic rings. The van der Waals surface area contributed by atoms with Crippen LogP contribution in [0.5, 0.6) is 0 Å². The van der Waals surface area contributed by atoms with Gasteiger partial charge in [0, 0.05) is 17.6 Å². The Kier molecular flexibility index (Phi) is 2.75. The van der Waals surface area contributed by atoms with Gasteiger partial charge in [-0.25, -0.2) is 0 Å². The Morgan fingerprint density at radius 1 is 1.21 bits per heavy atom. The minimum Gasteiger partial charge on any atom is -0.388 e. The Balaban J connectivity index is 2.41. The number of hydrogen-bond acceptors (Lipinski definition) is 2. The summed E-state index contributed by atoms with van der Waals surface area (Å²) < 4.78 is 0.829. The lowest BCUT2D eigenvalue weighted by Gasteiger charge is -2.01. The molecular weight excluding hydrogens is 214 g/mol. The molecular formula is C11H10ClNS. The van der Waals surface area contributed by atoms with Crippen LogP contribution in [-0.4, -0.2) is 7.05 Å². The molecule has 0 amide bonds. The average Bonchev–Trinajstić information content (AvgIpc) is 2.65. The zero-order valence-corrected chi connectivity index (χ0v) is 9.32. The van der Waals surface area contributed by atoms with Crippen LogP contribution >= 0.6 is 22.9 Å². The number of anilines is 1. The van der Waals surface area contributed by atoms with E-state index >= 15 is 0 Å². The normalized spacial score (nSPS) is 10.1. The van der Waals surface area contributed by atoms with Crippen molar-refractivity contribution in [2.75, 3.05) is 12.4 Å². The van der Waals surface area contributed by atoms with E-state index in [-0.39, 0.29) is 0 Å². The molecule has 1 aromatic carbocycles. The van der Waals surface area contributed by atoms with Crippen LogP contribution in [0.25, 0.3) is 10.4 Å². The maximum Gasteiger partial charge on any atom is 0.0934 e. The molecule has 1 N–H and O–H groups in total. The molecule has 1 heterocycles. The maximum absolute atomic E-state index is 5.89. The van der Waals surface area contributed by atoms with Crippen LogP contribution in [0.3, 0.4) is 0 Å². The van der Waals surface area contributed by atoms with E-state index in [9.17, 15) is 0 Å². The van der Waals surface area contributed by atoms with Gasteiger partial charge in [0.15, 0.2) is 0 Å². The molecule has 0 atom stereocenters. The Morgan fingerprint density at radius 3 is 2.71 bits per heavy atom. The smallest absolute Gasteiger partial charge is 0.0934 e. The first-order chi connectivity index (χ1) is 6.79. The van der Waals surface area contributed by atoms with Crippen LogP contribution in [-0.2, 0) is 0 Å². The number of benzene rings is 1. The van der Waals surface area contributed by atoms with Gasteiger partial charge in [-0.1, -0.05) is 23.7 Å². The molecule has 0 radical (unpaired) electrons. The first-order valence-electron chi connectivity index (χ1n) is 4.33. The summed E-state index contributed by atoms with van der Waals surface area (Å²) in [7, 11) is 1.92. The van der Waals surface area contributed by atoms with E-state index in [2.05, 4.69) is 17.4 Å². The molecule has 0 unspecified atom stereocenters. The second-order valence-electron chi connectivity index (χ2n) is 2.93. The number of hydrogen-bond donors (Lipinski definition) is 1. The molecule has 0 aliphatic carbocycles. The Morgan fingerprint density at radius 2 is 2.07 bits per heavy atom. The first kappa shape index (κ1) is 9.56. The van der Waals surface area contributed by atoms with Crippen LogP contribution in [0.1, 0.15) is 0 Å². The molecule has 0 fully saturated rings. The topological polar surface area (TPSA) is 12.0 Å². The summed E-state index contributed by atoms with van der Waals surface area (Å²) in [4.78, 5) is 1.20. The third kappa shape index (κ3) is 1.91. The van der Waals surface area contributed by atoms with Crippen molar-refractivity contribution in [3.05, 3.63) is 40.7 Å². The predicted molar refractivity (Wildman–Crippen MR) is 64.3 cm³/mol. The van der Waals surface area contributed by atoms with Crippen molar-refractivity contribution in [1.82, 2.24) is 0 Å². The van der Waals surface area contributed by atoms with E-state index in [1.54, 1.807) is 11.3 Å². The van der Waals surface area contributed by atoms with Gasteiger partial charge >= 0.3 is 0 Å². The van der Waals surface area contributed by atoms with Gasteiger partial charge in [0.1, 0.15) is 0 Å². The fourth-order valence-electron chi connectivity index (χ4n) is 1.30. The van der Waals surface area contributed by atoms with Crippen molar-refractivity contribution in [3.8, 4) is 10.4 Å². The molecule has 0 saturated carbocycles. The number of thiophene rings is 1. The third-order valence-electron chi connectivity index (χ3n) is 2.01. The Labute approximate surface area is 92.3 Å². The lowest BCUT2D eigenvalue weighted by Crippen LogP contribution is -1.86. The second-order valence-corrected chi connectivity index (χ2v) is 4.65. The van der Waals surface area contributed by atoms with Crippen LogP contribution in [0.4, 0.5) is 5.69 Å². The molecule has 0 spiro atoms. The monoisotopic (exact) mass is 223 g/mol. The average molecular weight is 224 g/mol. The van der Waals surface area contributed by atoms with E-state index in [1.807, 2.05) is 31.3 Å². The van der Waals surface area contributed by atoms with Gasteiger partial charge in [0.25, 0.3) is 0 Å². The van der Waals surface area contributed by atoms with E-state index in [0.717, 1.165) is 10.0 Å². The van der Waals surface area contributed by atoms with Gasteiger partial charge in [-0.2, -0.15) is 0 Å². The van der Waals surface area contributed by atoms with Crippen LogP contribution in [0.15, 0.2) is 36.4 Å². The predicted octanol–water partition coefficient (Wildman–Crippen LogP) is 4.11. The number of rotatable bonds is 2. The second kappa shape index (κ2) is 4.03. The SMILES string of the molecule is CNc1cccc(-c2ccc(Cl)s2)c1. The fourth-order valence-corrected chi connectivity index (χ4v) is 2.34. The fraction of sp³-hybridized carbons (Fsp3) is 0.0909. The highest BCUT2D eigenvalue weighted by atomic mass is 35.5. The van der Waals surface area contributed by atoms with E-state index in [4.69, 9.17) is 11.6 Å². The van der Waals surface area contributed by atoms with Crippen LogP contribution in [0.2, 0.25) is 4.34 Å². The largest absolute Gasteiger partial charge is 0.388 e. The quantitative estimate of drug-likeness (QED) is 0.808. The minimum absolute atomic E-state index is 0.829. The highest BCUT2D eigenvalue weighted by Gasteiger charge is 2.01.